The Bertz CT molecular complexity index is 392. The van der Waals surface area contributed by atoms with Crippen molar-refractivity contribution in [2.24, 2.45) is 0 Å². The SMILES string of the molecule is O=C(O)CCC1Cc2cccc(Br)c2N1. The number of nitrogens with one attached hydrogen (secondary N) is 1. The number of rotatable bonds is 3. The Morgan fingerprint density at radius 1 is 1.60 bits per heavy atom. The maximum atomic E-state index is 10.5. The van der Waals surface area contributed by atoms with Crippen molar-refractivity contribution in [3.63, 3.8) is 0 Å². The molecule has 1 aliphatic heterocycles. The maximum absolute atomic E-state index is 10.5. The van der Waals surface area contributed by atoms with Gasteiger partial charge in [0.25, 0.3) is 0 Å². The minimum absolute atomic E-state index is 0.225. The maximum Gasteiger partial charge on any atom is 0.303 e. The van der Waals surface area contributed by atoms with E-state index in [2.05, 4.69) is 27.3 Å². The summed E-state index contributed by atoms with van der Waals surface area (Å²) in [4.78, 5) is 10.5. The van der Waals surface area contributed by atoms with E-state index in [9.17, 15) is 4.79 Å². The molecule has 1 atom stereocenters. The van der Waals surface area contributed by atoms with Gasteiger partial charge in [0.1, 0.15) is 0 Å². The molecule has 1 unspecified atom stereocenters. The summed E-state index contributed by atoms with van der Waals surface area (Å²) in [6.45, 7) is 0. The molecule has 0 bridgehead atoms. The summed E-state index contributed by atoms with van der Waals surface area (Å²) in [5, 5.41) is 12.0. The molecule has 0 fully saturated rings. The number of carboxylic acids is 1. The number of para-hydroxylation sites is 1. The van der Waals surface area contributed by atoms with Crippen molar-refractivity contribution in [1.82, 2.24) is 0 Å². The van der Waals surface area contributed by atoms with Gasteiger partial charge in [0.2, 0.25) is 0 Å². The van der Waals surface area contributed by atoms with Crippen LogP contribution in [0.3, 0.4) is 0 Å². The Hall–Kier alpha value is -1.03. The third-order valence-corrected chi connectivity index (χ3v) is 3.28. The number of hydrogen-bond acceptors (Lipinski definition) is 2. The van der Waals surface area contributed by atoms with E-state index in [0.29, 0.717) is 6.42 Å². The fraction of sp³-hybridized carbons (Fsp3) is 0.364. The molecule has 0 aromatic heterocycles. The lowest BCUT2D eigenvalue weighted by atomic mass is 10.1. The number of aliphatic carboxylic acids is 1. The highest BCUT2D eigenvalue weighted by Crippen LogP contribution is 2.34. The molecule has 0 saturated carbocycles. The zero-order valence-corrected chi connectivity index (χ0v) is 9.75. The van der Waals surface area contributed by atoms with Gasteiger partial charge in [-0.3, -0.25) is 4.79 Å². The van der Waals surface area contributed by atoms with E-state index in [-0.39, 0.29) is 12.5 Å². The first-order chi connectivity index (χ1) is 7.16. The lowest BCUT2D eigenvalue weighted by Gasteiger charge is -2.09. The molecule has 2 rings (SSSR count). The van der Waals surface area contributed by atoms with Crippen LogP contribution in [0.1, 0.15) is 18.4 Å². The van der Waals surface area contributed by atoms with Crippen LogP contribution in [-0.2, 0) is 11.2 Å². The summed E-state index contributed by atoms with van der Waals surface area (Å²) < 4.78 is 1.05. The molecule has 1 aromatic carbocycles. The van der Waals surface area contributed by atoms with Crippen molar-refractivity contribution in [2.45, 2.75) is 25.3 Å². The summed E-state index contributed by atoms with van der Waals surface area (Å²) in [5.74, 6) is -0.730. The number of benzene rings is 1. The van der Waals surface area contributed by atoms with Gasteiger partial charge in [-0.25, -0.2) is 0 Å². The summed E-state index contributed by atoms with van der Waals surface area (Å²) in [7, 11) is 0. The van der Waals surface area contributed by atoms with Gasteiger partial charge in [-0.15, -0.1) is 0 Å². The number of hydrogen-bond donors (Lipinski definition) is 2. The standard InChI is InChI=1S/C11H12BrNO2/c12-9-3-1-2-7-6-8(13-11(7)9)4-5-10(14)15/h1-3,8,13H,4-6H2,(H,14,15). The Kier molecular flexibility index (Phi) is 2.95. The van der Waals surface area contributed by atoms with Gasteiger partial charge in [0.05, 0.1) is 5.69 Å². The van der Waals surface area contributed by atoms with Crippen molar-refractivity contribution in [3.8, 4) is 0 Å². The molecule has 2 N–H and O–H groups in total. The Morgan fingerprint density at radius 2 is 2.40 bits per heavy atom. The molecule has 0 aliphatic carbocycles. The van der Waals surface area contributed by atoms with Crippen molar-refractivity contribution < 1.29 is 9.90 Å². The first-order valence-corrected chi connectivity index (χ1v) is 5.72. The third kappa shape index (κ3) is 2.31. The molecule has 80 valence electrons. The van der Waals surface area contributed by atoms with E-state index in [1.807, 2.05) is 12.1 Å². The monoisotopic (exact) mass is 269 g/mol. The number of carboxylic acid groups (broad SMARTS) is 1. The first kappa shape index (κ1) is 10.5. The summed E-state index contributed by atoms with van der Waals surface area (Å²) >= 11 is 3.48. The van der Waals surface area contributed by atoms with Gasteiger partial charge < -0.3 is 10.4 Å². The van der Waals surface area contributed by atoms with Gasteiger partial charge >= 0.3 is 5.97 Å². The van der Waals surface area contributed by atoms with Crippen LogP contribution in [0.5, 0.6) is 0 Å². The summed E-state index contributed by atoms with van der Waals surface area (Å²) in [6, 6.07) is 6.33. The fourth-order valence-electron chi connectivity index (χ4n) is 1.89. The lowest BCUT2D eigenvalue weighted by molar-refractivity contribution is -0.137. The largest absolute Gasteiger partial charge is 0.481 e. The predicted molar refractivity (Wildman–Crippen MR) is 62.1 cm³/mol. The molecule has 1 aromatic rings. The number of anilines is 1. The van der Waals surface area contributed by atoms with E-state index >= 15 is 0 Å². The molecule has 0 saturated heterocycles. The normalized spacial score (nSPS) is 18.3. The quantitative estimate of drug-likeness (QED) is 0.887. The lowest BCUT2D eigenvalue weighted by Crippen LogP contribution is -2.16. The summed E-state index contributed by atoms with van der Waals surface area (Å²) in [6.07, 6.45) is 1.82. The minimum Gasteiger partial charge on any atom is -0.481 e. The van der Waals surface area contributed by atoms with Crippen molar-refractivity contribution in [1.29, 1.82) is 0 Å². The summed E-state index contributed by atoms with van der Waals surface area (Å²) in [5.41, 5.74) is 2.38. The highest BCUT2D eigenvalue weighted by Gasteiger charge is 2.22. The molecule has 0 spiro atoms. The second-order valence-electron chi connectivity index (χ2n) is 3.75. The van der Waals surface area contributed by atoms with Crippen LogP contribution in [0.15, 0.2) is 22.7 Å². The van der Waals surface area contributed by atoms with Crippen LogP contribution in [0, 0.1) is 0 Å². The van der Waals surface area contributed by atoms with E-state index in [1.165, 1.54) is 5.56 Å². The smallest absolute Gasteiger partial charge is 0.303 e. The van der Waals surface area contributed by atoms with Crippen LogP contribution in [-0.4, -0.2) is 17.1 Å². The van der Waals surface area contributed by atoms with Crippen LogP contribution in [0.4, 0.5) is 5.69 Å². The van der Waals surface area contributed by atoms with Crippen LogP contribution in [0.25, 0.3) is 0 Å². The van der Waals surface area contributed by atoms with Gasteiger partial charge in [-0.05, 0) is 40.4 Å². The van der Waals surface area contributed by atoms with Gasteiger partial charge in [-0.2, -0.15) is 0 Å². The van der Waals surface area contributed by atoms with Crippen LogP contribution < -0.4 is 5.32 Å². The van der Waals surface area contributed by atoms with Gasteiger partial charge in [0.15, 0.2) is 0 Å². The Balaban J connectivity index is 2.03. The molecule has 0 amide bonds. The van der Waals surface area contributed by atoms with Gasteiger partial charge in [-0.1, -0.05) is 12.1 Å². The van der Waals surface area contributed by atoms with Gasteiger partial charge in [0, 0.05) is 16.9 Å². The number of fused-ring (bicyclic) bond motifs is 1. The molecule has 1 heterocycles. The Labute approximate surface area is 96.6 Å². The minimum atomic E-state index is -0.730. The average Bonchev–Trinajstić information content (AvgIpc) is 2.59. The van der Waals surface area contributed by atoms with Crippen molar-refractivity contribution in [2.75, 3.05) is 5.32 Å². The van der Waals surface area contributed by atoms with Crippen LogP contribution >= 0.6 is 15.9 Å². The highest BCUT2D eigenvalue weighted by atomic mass is 79.9. The second kappa shape index (κ2) is 4.23. The van der Waals surface area contributed by atoms with E-state index in [4.69, 9.17) is 5.11 Å². The molecule has 1 aliphatic rings. The number of carbonyl (C=O) groups is 1. The van der Waals surface area contributed by atoms with Crippen LogP contribution in [0.2, 0.25) is 0 Å². The molecule has 0 radical (unpaired) electrons. The average molecular weight is 270 g/mol. The molecule has 15 heavy (non-hydrogen) atoms. The molecular formula is C11H12BrNO2. The fourth-order valence-corrected chi connectivity index (χ4v) is 2.41. The zero-order chi connectivity index (χ0) is 10.8. The van der Waals surface area contributed by atoms with Crippen molar-refractivity contribution >= 4 is 27.6 Å². The number of halogens is 1. The zero-order valence-electron chi connectivity index (χ0n) is 8.16. The van der Waals surface area contributed by atoms with E-state index in [1.54, 1.807) is 0 Å². The topological polar surface area (TPSA) is 49.3 Å². The highest BCUT2D eigenvalue weighted by molar-refractivity contribution is 9.10. The molecule has 3 nitrogen and oxygen atoms in total. The van der Waals surface area contributed by atoms with E-state index < -0.39 is 5.97 Å². The first-order valence-electron chi connectivity index (χ1n) is 4.92. The third-order valence-electron chi connectivity index (χ3n) is 2.62. The van der Waals surface area contributed by atoms with Crippen molar-refractivity contribution in [3.05, 3.63) is 28.2 Å². The second-order valence-corrected chi connectivity index (χ2v) is 4.61. The molecular weight excluding hydrogens is 258 g/mol. The Morgan fingerprint density at radius 3 is 3.07 bits per heavy atom. The molecule has 4 heteroatoms. The van der Waals surface area contributed by atoms with E-state index in [0.717, 1.165) is 16.6 Å². The predicted octanol–water partition coefficient (Wildman–Crippen LogP) is 2.65.